The number of quaternary nitrogens is 1. The Morgan fingerprint density at radius 1 is 0.365 bits per heavy atom. The van der Waals surface area contributed by atoms with Crippen molar-refractivity contribution in [1.29, 1.82) is 0 Å². The molecule has 9 heteroatoms. The van der Waals surface area contributed by atoms with Crippen molar-refractivity contribution in [2.75, 3.05) is 47.5 Å². The number of hydrogen-bond acceptors (Lipinski definition) is 8. The van der Waals surface area contributed by atoms with E-state index in [1.807, 2.05) is 21.1 Å². The third-order valence-corrected chi connectivity index (χ3v) is 14.7. The fourth-order valence-electron chi connectivity index (χ4n) is 9.41. The van der Waals surface area contributed by atoms with Crippen LogP contribution in [0.15, 0.2) is 122 Å². The molecule has 0 aromatic heterocycles. The molecule has 0 N–H and O–H groups in total. The fourth-order valence-corrected chi connectivity index (χ4v) is 9.41. The van der Waals surface area contributed by atoms with Crippen LogP contribution in [0.5, 0.6) is 0 Å². The molecule has 9 nitrogen and oxygen atoms in total. The van der Waals surface area contributed by atoms with Crippen LogP contribution in [0, 0.1) is 0 Å². The molecule has 0 aromatic carbocycles. The van der Waals surface area contributed by atoms with E-state index in [-0.39, 0.29) is 38.6 Å². The maximum Gasteiger partial charge on any atom is 0.306 e. The van der Waals surface area contributed by atoms with E-state index in [2.05, 4.69) is 135 Å². The molecule has 0 spiro atoms. The average Bonchev–Trinajstić information content (AvgIpc) is 3.49. The number of likely N-dealkylation sites (N-methyl/N-ethyl adjacent to an activating group) is 1. The van der Waals surface area contributed by atoms with Crippen LogP contribution < -0.4 is 5.11 Å². The molecule has 0 aliphatic heterocycles. The van der Waals surface area contributed by atoms with E-state index in [0.29, 0.717) is 17.4 Å². The minimum absolute atomic E-state index is 0.144. The van der Waals surface area contributed by atoms with Crippen molar-refractivity contribution in [2.45, 2.75) is 296 Å². The SMILES string of the molecule is CC/C=C\C/C=C\C/C=C\C/C=C\C/C=C\C/C=C\C/C=C\C/C=C\CCCCCCCCCCCCCCCCCCC(=O)OC(COC(=O)CCCCCCCCCCC/C=C\C/C=C\CCCCC)COC(OCC[N+](C)(C)C)C(=O)[O-]. The maximum atomic E-state index is 12.9. The number of carbonyl (C=O) groups excluding carboxylic acids is 3. The molecule has 0 amide bonds. The second kappa shape index (κ2) is 65.7. The minimum atomic E-state index is -1.63. The lowest BCUT2D eigenvalue weighted by molar-refractivity contribution is -0.870. The van der Waals surface area contributed by atoms with Gasteiger partial charge in [0, 0.05) is 12.8 Å². The van der Waals surface area contributed by atoms with Gasteiger partial charge < -0.3 is 33.3 Å². The lowest BCUT2D eigenvalue weighted by atomic mass is 10.0. The summed E-state index contributed by atoms with van der Waals surface area (Å²) in [4.78, 5) is 37.4. The number of aliphatic carboxylic acids is 1. The highest BCUT2D eigenvalue weighted by atomic mass is 16.7. The molecule has 0 aromatic rings. The minimum Gasteiger partial charge on any atom is -0.545 e. The lowest BCUT2D eigenvalue weighted by Gasteiger charge is -2.26. The van der Waals surface area contributed by atoms with Gasteiger partial charge in [-0.25, -0.2) is 0 Å². The summed E-state index contributed by atoms with van der Waals surface area (Å²) in [6, 6.07) is 0. The highest BCUT2D eigenvalue weighted by Crippen LogP contribution is 2.17. The van der Waals surface area contributed by atoms with E-state index < -0.39 is 24.3 Å². The van der Waals surface area contributed by atoms with Gasteiger partial charge in [-0.15, -0.1) is 0 Å². The Labute approximate surface area is 523 Å². The standard InChI is InChI=1S/C76H129NO8/c1-6-8-10-12-14-16-18-20-22-24-26-27-28-29-30-31-32-33-34-35-36-37-38-39-40-41-42-43-44-45-46-47-49-51-53-55-57-59-61-63-65-67-74(79)85-72(71-84-76(75(80)81)82-69-68-77(3,4)5)70-83-73(78)66-64-62-60-58-56-54-52-50-48-25-23-21-19-17-15-13-11-9-7-2/h8,10,14-17,20-23,26-27,29-30,32-33,35-36,38-39,72,76H,6-7,9,11-13,18-19,24-25,28,31,34,37,40-71H2,1-5H3/b10-8-,16-14-,17-15-,22-20-,23-21-,27-26-,30-29-,33-32-,36-35-,39-38-. The number of hydrogen-bond donors (Lipinski definition) is 0. The number of esters is 2. The highest BCUT2D eigenvalue weighted by Gasteiger charge is 2.22. The zero-order chi connectivity index (χ0) is 61.9. The number of carboxylic acid groups (broad SMARTS) is 1. The summed E-state index contributed by atoms with van der Waals surface area (Å²) in [6.07, 6.45) is 89.9. The summed E-state index contributed by atoms with van der Waals surface area (Å²) in [6.45, 7) is 4.62. The molecule has 0 aliphatic rings. The zero-order valence-corrected chi connectivity index (χ0v) is 55.4. The van der Waals surface area contributed by atoms with Crippen molar-refractivity contribution in [3.63, 3.8) is 0 Å². The largest absolute Gasteiger partial charge is 0.545 e. The maximum absolute atomic E-state index is 12.9. The predicted octanol–water partition coefficient (Wildman–Crippen LogP) is 20.2. The number of ether oxygens (including phenoxy) is 4. The summed E-state index contributed by atoms with van der Waals surface area (Å²) in [5.41, 5.74) is 0. The number of carboxylic acids is 1. The molecular weight excluding hydrogens is 1050 g/mol. The van der Waals surface area contributed by atoms with Gasteiger partial charge in [0.15, 0.2) is 12.4 Å². The first-order valence-electron chi connectivity index (χ1n) is 34.7. The molecule has 0 aliphatic carbocycles. The van der Waals surface area contributed by atoms with E-state index >= 15 is 0 Å². The quantitative estimate of drug-likeness (QED) is 0.0195. The highest BCUT2D eigenvalue weighted by molar-refractivity contribution is 5.70. The normalized spacial score (nSPS) is 13.5. The topological polar surface area (TPSA) is 111 Å². The van der Waals surface area contributed by atoms with Gasteiger partial charge >= 0.3 is 11.9 Å². The molecule has 2 unspecified atom stereocenters. The number of unbranched alkanes of at least 4 members (excludes halogenated alkanes) is 28. The van der Waals surface area contributed by atoms with Crippen molar-refractivity contribution in [3.05, 3.63) is 122 Å². The van der Waals surface area contributed by atoms with Crippen molar-refractivity contribution < 1.29 is 42.9 Å². The smallest absolute Gasteiger partial charge is 0.306 e. The van der Waals surface area contributed by atoms with Crippen LogP contribution in [0.3, 0.4) is 0 Å². The lowest BCUT2D eigenvalue weighted by Crippen LogP contribution is -2.44. The molecule has 85 heavy (non-hydrogen) atoms. The van der Waals surface area contributed by atoms with Gasteiger partial charge in [0.25, 0.3) is 0 Å². The van der Waals surface area contributed by atoms with Crippen LogP contribution in [0.1, 0.15) is 284 Å². The third-order valence-electron chi connectivity index (χ3n) is 14.7. The van der Waals surface area contributed by atoms with Gasteiger partial charge in [-0.3, -0.25) is 9.59 Å². The summed E-state index contributed by atoms with van der Waals surface area (Å²) >= 11 is 0. The van der Waals surface area contributed by atoms with Crippen molar-refractivity contribution in [2.24, 2.45) is 0 Å². The van der Waals surface area contributed by atoms with E-state index in [9.17, 15) is 19.5 Å². The van der Waals surface area contributed by atoms with Gasteiger partial charge in [0.1, 0.15) is 13.2 Å². The van der Waals surface area contributed by atoms with Crippen LogP contribution >= 0.6 is 0 Å². The van der Waals surface area contributed by atoms with Gasteiger partial charge in [-0.05, 0) is 109 Å². The summed E-state index contributed by atoms with van der Waals surface area (Å²) in [5.74, 6) is -2.29. The number of nitrogens with zero attached hydrogens (tertiary/aromatic N) is 1. The van der Waals surface area contributed by atoms with Crippen molar-refractivity contribution in [1.82, 2.24) is 0 Å². The second-order valence-corrected chi connectivity index (χ2v) is 24.1. The van der Waals surface area contributed by atoms with Gasteiger partial charge in [0.2, 0.25) is 0 Å². The van der Waals surface area contributed by atoms with Crippen molar-refractivity contribution in [3.8, 4) is 0 Å². The van der Waals surface area contributed by atoms with Crippen LogP contribution in [-0.4, -0.2) is 82.3 Å². The zero-order valence-electron chi connectivity index (χ0n) is 55.4. The average molecular weight is 1180 g/mol. The number of carbonyl (C=O) groups is 3. The summed E-state index contributed by atoms with van der Waals surface area (Å²) in [7, 11) is 5.93. The van der Waals surface area contributed by atoms with Gasteiger partial charge in [-0.2, -0.15) is 0 Å². The molecule has 0 saturated heterocycles. The first-order chi connectivity index (χ1) is 41.6. The molecule has 0 bridgehead atoms. The number of allylic oxidation sites excluding steroid dienone is 20. The molecule has 0 radical (unpaired) electrons. The molecule has 2 atom stereocenters. The predicted molar refractivity (Wildman–Crippen MR) is 361 cm³/mol. The van der Waals surface area contributed by atoms with Crippen LogP contribution in [0.25, 0.3) is 0 Å². The third kappa shape index (κ3) is 67.1. The van der Waals surface area contributed by atoms with E-state index in [0.717, 1.165) is 103 Å². The van der Waals surface area contributed by atoms with Gasteiger partial charge in [0.05, 0.1) is 40.3 Å². The fraction of sp³-hybridized carbons (Fsp3) is 0.697. The summed E-state index contributed by atoms with van der Waals surface area (Å²) < 4.78 is 22.8. The van der Waals surface area contributed by atoms with Gasteiger partial charge in [-0.1, -0.05) is 283 Å². The molecular formula is C76H129NO8. The molecule has 0 heterocycles. The monoisotopic (exact) mass is 1180 g/mol. The molecule has 0 fully saturated rings. The molecule has 0 rings (SSSR count). The van der Waals surface area contributed by atoms with E-state index in [1.54, 1.807) is 0 Å². The van der Waals surface area contributed by atoms with E-state index in [4.69, 9.17) is 18.9 Å². The van der Waals surface area contributed by atoms with E-state index in [1.165, 1.54) is 148 Å². The Kier molecular flexibility index (Phi) is 62.3. The second-order valence-electron chi connectivity index (χ2n) is 24.1. The molecule has 486 valence electrons. The Bertz CT molecular complexity index is 1810. The van der Waals surface area contributed by atoms with Crippen LogP contribution in [0.4, 0.5) is 0 Å². The van der Waals surface area contributed by atoms with Crippen LogP contribution in [-0.2, 0) is 33.3 Å². The molecule has 0 saturated carbocycles. The first-order valence-corrected chi connectivity index (χ1v) is 34.7. The first kappa shape index (κ1) is 80.7. The van der Waals surface area contributed by atoms with Crippen molar-refractivity contribution >= 4 is 17.9 Å². The summed E-state index contributed by atoms with van der Waals surface area (Å²) in [5, 5.41) is 11.8. The Balaban J connectivity index is 4.06. The Morgan fingerprint density at radius 2 is 0.671 bits per heavy atom. The number of rotatable bonds is 63. The Morgan fingerprint density at radius 3 is 1.00 bits per heavy atom. The Hall–Kier alpha value is -4.31. The van der Waals surface area contributed by atoms with Crippen LogP contribution in [0.2, 0.25) is 0 Å².